The first-order valence-corrected chi connectivity index (χ1v) is 11.3. The van der Waals surface area contributed by atoms with E-state index < -0.39 is 5.97 Å². The van der Waals surface area contributed by atoms with Crippen LogP contribution in [-0.4, -0.2) is 41.9 Å². The standard InChI is InChI=1S/C26H24N6O3/c1-3-34-25(33)21-13-28-32(15-21)26-29-23-22(24(30-26)35-16-20-7-5-4-6-8-20)27-17-31(23)14-19-11-9-18(2)10-12-19/h4-13,15,17H,3,14,16H2,1-2H3. The maximum Gasteiger partial charge on any atom is 0.341 e. The second kappa shape index (κ2) is 9.76. The Labute approximate surface area is 202 Å². The van der Waals surface area contributed by atoms with Gasteiger partial charge in [-0.2, -0.15) is 15.1 Å². The van der Waals surface area contributed by atoms with Crippen LogP contribution in [0.15, 0.2) is 73.3 Å². The zero-order chi connectivity index (χ0) is 24.2. The second-order valence-electron chi connectivity index (χ2n) is 8.03. The zero-order valence-corrected chi connectivity index (χ0v) is 19.5. The van der Waals surface area contributed by atoms with Crippen LogP contribution in [0.2, 0.25) is 0 Å². The molecule has 0 amide bonds. The zero-order valence-electron chi connectivity index (χ0n) is 19.5. The van der Waals surface area contributed by atoms with Gasteiger partial charge in [0.1, 0.15) is 6.61 Å². The third-order valence-electron chi connectivity index (χ3n) is 5.41. The third-order valence-corrected chi connectivity index (χ3v) is 5.41. The first kappa shape index (κ1) is 22.3. The predicted molar refractivity (Wildman–Crippen MR) is 129 cm³/mol. The van der Waals surface area contributed by atoms with Crippen molar-refractivity contribution in [2.45, 2.75) is 27.0 Å². The maximum absolute atomic E-state index is 12.1. The minimum Gasteiger partial charge on any atom is -0.471 e. The molecule has 5 rings (SSSR count). The number of ether oxygens (including phenoxy) is 2. The fourth-order valence-electron chi connectivity index (χ4n) is 3.59. The van der Waals surface area contributed by atoms with Crippen LogP contribution in [0.3, 0.4) is 0 Å². The van der Waals surface area contributed by atoms with Gasteiger partial charge >= 0.3 is 5.97 Å². The summed E-state index contributed by atoms with van der Waals surface area (Å²) in [6.45, 7) is 5.00. The summed E-state index contributed by atoms with van der Waals surface area (Å²) in [5.41, 5.74) is 4.78. The van der Waals surface area contributed by atoms with Gasteiger partial charge in [0.05, 0.1) is 31.2 Å². The number of hydrogen-bond acceptors (Lipinski definition) is 7. The Morgan fingerprint density at radius 3 is 2.57 bits per heavy atom. The van der Waals surface area contributed by atoms with E-state index >= 15 is 0 Å². The van der Waals surface area contributed by atoms with Crippen LogP contribution in [0.25, 0.3) is 17.1 Å². The fourth-order valence-corrected chi connectivity index (χ4v) is 3.59. The average molecular weight is 469 g/mol. The molecule has 2 aromatic carbocycles. The number of aromatic nitrogens is 6. The Balaban J connectivity index is 1.54. The van der Waals surface area contributed by atoms with Crippen molar-refractivity contribution < 1.29 is 14.3 Å². The van der Waals surface area contributed by atoms with E-state index in [0.29, 0.717) is 35.8 Å². The third kappa shape index (κ3) is 4.89. The van der Waals surface area contributed by atoms with Crippen molar-refractivity contribution in [3.63, 3.8) is 0 Å². The SMILES string of the molecule is CCOC(=O)c1cnn(-c2nc(OCc3ccccc3)c3ncn(Cc4ccc(C)cc4)c3n2)c1. The van der Waals surface area contributed by atoms with E-state index in [2.05, 4.69) is 46.3 Å². The summed E-state index contributed by atoms with van der Waals surface area (Å²) in [5, 5.41) is 4.27. The number of nitrogens with zero attached hydrogens (tertiary/aromatic N) is 6. The molecule has 0 aliphatic carbocycles. The Hall–Kier alpha value is -4.53. The molecule has 0 aliphatic rings. The molecule has 3 heterocycles. The lowest BCUT2D eigenvalue weighted by Crippen LogP contribution is -2.08. The van der Waals surface area contributed by atoms with E-state index in [4.69, 9.17) is 14.5 Å². The van der Waals surface area contributed by atoms with Crippen molar-refractivity contribution in [2.75, 3.05) is 6.61 Å². The molecular weight excluding hydrogens is 444 g/mol. The largest absolute Gasteiger partial charge is 0.471 e. The van der Waals surface area contributed by atoms with Gasteiger partial charge in [-0.1, -0.05) is 60.2 Å². The highest BCUT2D eigenvalue weighted by molar-refractivity contribution is 5.88. The Bertz CT molecular complexity index is 1460. The number of carbonyl (C=O) groups excluding carboxylic acids is 1. The minimum atomic E-state index is -0.454. The van der Waals surface area contributed by atoms with Crippen LogP contribution >= 0.6 is 0 Å². The van der Waals surface area contributed by atoms with Gasteiger partial charge in [-0.3, -0.25) is 0 Å². The molecule has 0 saturated heterocycles. The summed E-state index contributed by atoms with van der Waals surface area (Å²) in [6, 6.07) is 18.1. The monoisotopic (exact) mass is 468 g/mol. The molecule has 0 N–H and O–H groups in total. The first-order chi connectivity index (χ1) is 17.1. The van der Waals surface area contributed by atoms with E-state index in [1.165, 1.54) is 16.4 Å². The summed E-state index contributed by atoms with van der Waals surface area (Å²) in [4.78, 5) is 25.9. The van der Waals surface area contributed by atoms with Crippen molar-refractivity contribution in [3.8, 4) is 11.8 Å². The van der Waals surface area contributed by atoms with Gasteiger partial charge < -0.3 is 14.0 Å². The Morgan fingerprint density at radius 2 is 1.80 bits per heavy atom. The number of hydrogen-bond donors (Lipinski definition) is 0. The van der Waals surface area contributed by atoms with E-state index in [1.54, 1.807) is 19.4 Å². The molecule has 5 aromatic rings. The lowest BCUT2D eigenvalue weighted by Gasteiger charge is -2.09. The number of carbonyl (C=O) groups is 1. The molecule has 0 aliphatic heterocycles. The molecule has 0 spiro atoms. The molecule has 0 radical (unpaired) electrons. The topological polar surface area (TPSA) is 97.0 Å². The second-order valence-corrected chi connectivity index (χ2v) is 8.03. The summed E-state index contributed by atoms with van der Waals surface area (Å²) in [5.74, 6) is 0.149. The molecule has 0 bridgehead atoms. The van der Waals surface area contributed by atoms with Crippen LogP contribution in [0.1, 0.15) is 34.0 Å². The molecule has 0 fully saturated rings. The van der Waals surface area contributed by atoms with E-state index in [1.807, 2.05) is 34.9 Å². The number of fused-ring (bicyclic) bond motifs is 1. The molecule has 176 valence electrons. The fraction of sp³-hybridized carbons (Fsp3) is 0.192. The predicted octanol–water partition coefficient (Wildman–Crippen LogP) is 4.12. The molecule has 0 saturated carbocycles. The van der Waals surface area contributed by atoms with Crippen LogP contribution in [0.5, 0.6) is 5.88 Å². The average Bonchev–Trinajstić information content (AvgIpc) is 3.53. The molecule has 9 nitrogen and oxygen atoms in total. The number of rotatable bonds is 8. The smallest absolute Gasteiger partial charge is 0.341 e. The summed E-state index contributed by atoms with van der Waals surface area (Å²) in [7, 11) is 0. The van der Waals surface area contributed by atoms with Gasteiger partial charge in [-0.25, -0.2) is 14.5 Å². The highest BCUT2D eigenvalue weighted by atomic mass is 16.5. The van der Waals surface area contributed by atoms with Crippen molar-refractivity contribution >= 4 is 17.1 Å². The van der Waals surface area contributed by atoms with E-state index in [-0.39, 0.29) is 12.6 Å². The quantitative estimate of drug-likeness (QED) is 0.316. The molecule has 0 atom stereocenters. The van der Waals surface area contributed by atoms with Gasteiger partial charge in [-0.15, -0.1) is 0 Å². The van der Waals surface area contributed by atoms with Crippen LogP contribution < -0.4 is 4.74 Å². The Morgan fingerprint density at radius 1 is 1.00 bits per heavy atom. The first-order valence-electron chi connectivity index (χ1n) is 11.3. The van der Waals surface area contributed by atoms with Crippen LogP contribution in [0, 0.1) is 6.92 Å². The van der Waals surface area contributed by atoms with Crippen molar-refractivity contribution in [3.05, 3.63) is 95.6 Å². The van der Waals surface area contributed by atoms with Gasteiger partial charge in [0, 0.05) is 6.20 Å². The summed E-state index contributed by atoms with van der Waals surface area (Å²) in [6.07, 6.45) is 4.70. The molecular formula is C26H24N6O3. The number of benzene rings is 2. The Kier molecular flexibility index (Phi) is 6.21. The lowest BCUT2D eigenvalue weighted by molar-refractivity contribution is 0.0526. The van der Waals surface area contributed by atoms with Crippen molar-refractivity contribution in [1.29, 1.82) is 0 Å². The highest BCUT2D eigenvalue weighted by Crippen LogP contribution is 2.24. The van der Waals surface area contributed by atoms with E-state index in [9.17, 15) is 4.79 Å². The molecule has 9 heteroatoms. The number of imidazole rings is 1. The van der Waals surface area contributed by atoms with Crippen LogP contribution in [-0.2, 0) is 17.9 Å². The minimum absolute atomic E-state index is 0.266. The number of aryl methyl sites for hydroxylation is 1. The lowest BCUT2D eigenvalue weighted by atomic mass is 10.1. The van der Waals surface area contributed by atoms with Gasteiger partial charge in [0.15, 0.2) is 11.2 Å². The molecule has 3 aromatic heterocycles. The van der Waals surface area contributed by atoms with Gasteiger partial charge in [0.2, 0.25) is 5.88 Å². The van der Waals surface area contributed by atoms with E-state index in [0.717, 1.165) is 11.1 Å². The number of esters is 1. The molecule has 0 unspecified atom stereocenters. The summed E-state index contributed by atoms with van der Waals surface area (Å²) >= 11 is 0. The summed E-state index contributed by atoms with van der Waals surface area (Å²) < 4.78 is 14.5. The maximum atomic E-state index is 12.1. The van der Waals surface area contributed by atoms with Gasteiger partial charge in [-0.05, 0) is 25.0 Å². The van der Waals surface area contributed by atoms with Crippen molar-refractivity contribution in [1.82, 2.24) is 29.3 Å². The highest BCUT2D eigenvalue weighted by Gasteiger charge is 2.18. The molecule has 35 heavy (non-hydrogen) atoms. The normalized spacial score (nSPS) is 11.0. The van der Waals surface area contributed by atoms with Crippen LogP contribution in [0.4, 0.5) is 0 Å². The van der Waals surface area contributed by atoms with Gasteiger partial charge in [0.25, 0.3) is 5.95 Å². The van der Waals surface area contributed by atoms with Crippen molar-refractivity contribution in [2.24, 2.45) is 0 Å².